The molecular weight excluding hydrogens is 314 g/mol. The van der Waals surface area contributed by atoms with E-state index in [4.69, 9.17) is 9.84 Å². The molecular formula is C19H27N5O. The van der Waals surface area contributed by atoms with Crippen LogP contribution in [-0.2, 0) is 18.4 Å². The van der Waals surface area contributed by atoms with Crippen LogP contribution >= 0.6 is 0 Å². The minimum atomic E-state index is 0.285. The Morgan fingerprint density at radius 1 is 1.16 bits per heavy atom. The molecule has 0 aliphatic rings. The van der Waals surface area contributed by atoms with Gasteiger partial charge in [-0.25, -0.2) is 0 Å². The summed E-state index contributed by atoms with van der Waals surface area (Å²) in [6.07, 6.45) is 1.96. The molecule has 0 atom stereocenters. The number of benzene rings is 1. The monoisotopic (exact) mass is 341 g/mol. The van der Waals surface area contributed by atoms with Gasteiger partial charge in [0.1, 0.15) is 5.69 Å². The van der Waals surface area contributed by atoms with Crippen LogP contribution in [0.15, 0.2) is 24.4 Å². The van der Waals surface area contributed by atoms with Crippen molar-refractivity contribution in [2.75, 3.05) is 12.4 Å². The third-order valence-electron chi connectivity index (χ3n) is 4.33. The highest BCUT2D eigenvalue weighted by Gasteiger charge is 2.16. The summed E-state index contributed by atoms with van der Waals surface area (Å²) in [5, 5.41) is 13.8. The van der Waals surface area contributed by atoms with E-state index in [1.165, 1.54) is 5.56 Å². The van der Waals surface area contributed by atoms with Crippen molar-refractivity contribution >= 4 is 22.4 Å². The second-order valence-corrected chi connectivity index (χ2v) is 7.04. The number of ether oxygens (including phenoxy) is 1. The van der Waals surface area contributed by atoms with E-state index >= 15 is 0 Å². The maximum atomic E-state index is 5.25. The molecule has 0 unspecified atom stereocenters. The van der Waals surface area contributed by atoms with Crippen LogP contribution in [-0.4, -0.2) is 26.7 Å². The molecule has 0 fully saturated rings. The van der Waals surface area contributed by atoms with Crippen molar-refractivity contribution in [2.45, 2.75) is 46.3 Å². The van der Waals surface area contributed by atoms with Crippen LogP contribution in [0, 0.1) is 0 Å². The number of methoxy groups -OCH3 is 1. The fraction of sp³-hybridized carbons (Fsp3) is 0.474. The van der Waals surface area contributed by atoms with E-state index in [0.717, 1.165) is 28.1 Å². The Labute approximate surface area is 148 Å². The molecule has 6 heteroatoms. The first-order valence-corrected chi connectivity index (χ1v) is 8.71. The lowest BCUT2D eigenvalue weighted by molar-refractivity contribution is 0.181. The molecule has 0 amide bonds. The van der Waals surface area contributed by atoms with E-state index in [9.17, 15) is 0 Å². The Morgan fingerprint density at radius 3 is 2.56 bits per heavy atom. The largest absolute Gasteiger partial charge is 0.378 e. The normalized spacial score (nSPS) is 11.8. The molecule has 1 N–H and O–H groups in total. The van der Waals surface area contributed by atoms with Gasteiger partial charge in [-0.1, -0.05) is 19.9 Å². The first-order chi connectivity index (χ1) is 11.9. The SMILES string of the molecule is COCc1nn(C)cc1Nc1nn(C(C)C)c2cc(C(C)C)ccc12. The molecule has 2 heterocycles. The van der Waals surface area contributed by atoms with Crippen LogP contribution in [0.3, 0.4) is 0 Å². The minimum absolute atomic E-state index is 0.285. The number of aryl methyl sites for hydroxylation is 1. The van der Waals surface area contributed by atoms with E-state index in [2.05, 4.69) is 61.0 Å². The number of rotatable bonds is 6. The van der Waals surface area contributed by atoms with E-state index in [-0.39, 0.29) is 6.04 Å². The summed E-state index contributed by atoms with van der Waals surface area (Å²) in [6, 6.07) is 6.87. The van der Waals surface area contributed by atoms with Crippen LogP contribution < -0.4 is 5.32 Å². The first-order valence-electron chi connectivity index (χ1n) is 8.71. The lowest BCUT2D eigenvalue weighted by Gasteiger charge is -2.09. The van der Waals surface area contributed by atoms with Gasteiger partial charge < -0.3 is 10.1 Å². The van der Waals surface area contributed by atoms with Gasteiger partial charge in [0.05, 0.1) is 17.8 Å². The topological polar surface area (TPSA) is 56.9 Å². The number of hydrogen-bond acceptors (Lipinski definition) is 4. The van der Waals surface area contributed by atoms with Gasteiger partial charge in [0, 0.05) is 31.8 Å². The Balaban J connectivity index is 2.08. The molecule has 134 valence electrons. The van der Waals surface area contributed by atoms with Crippen LogP contribution in [0.5, 0.6) is 0 Å². The highest BCUT2D eigenvalue weighted by Crippen LogP contribution is 2.31. The van der Waals surface area contributed by atoms with Crippen molar-refractivity contribution in [2.24, 2.45) is 7.05 Å². The number of fused-ring (bicyclic) bond motifs is 1. The summed E-state index contributed by atoms with van der Waals surface area (Å²) >= 11 is 0. The summed E-state index contributed by atoms with van der Waals surface area (Å²) in [5.74, 6) is 1.34. The Kier molecular flexibility index (Phi) is 4.81. The van der Waals surface area contributed by atoms with Gasteiger partial charge in [-0.3, -0.25) is 9.36 Å². The fourth-order valence-electron chi connectivity index (χ4n) is 3.01. The van der Waals surface area contributed by atoms with Gasteiger partial charge in [0.25, 0.3) is 0 Å². The Bertz CT molecular complexity index is 875. The zero-order valence-electron chi connectivity index (χ0n) is 15.9. The molecule has 0 aliphatic heterocycles. The van der Waals surface area contributed by atoms with Crippen molar-refractivity contribution < 1.29 is 4.74 Å². The molecule has 0 radical (unpaired) electrons. The number of hydrogen-bond donors (Lipinski definition) is 1. The molecule has 0 saturated carbocycles. The van der Waals surface area contributed by atoms with Crippen molar-refractivity contribution in [3.05, 3.63) is 35.7 Å². The molecule has 0 saturated heterocycles. The number of anilines is 2. The van der Waals surface area contributed by atoms with E-state index < -0.39 is 0 Å². The van der Waals surface area contributed by atoms with Gasteiger partial charge in [0.2, 0.25) is 0 Å². The Hall–Kier alpha value is -2.34. The summed E-state index contributed by atoms with van der Waals surface area (Å²) in [4.78, 5) is 0. The smallest absolute Gasteiger partial charge is 0.160 e. The third kappa shape index (κ3) is 3.39. The molecule has 6 nitrogen and oxygen atoms in total. The van der Waals surface area contributed by atoms with Crippen LogP contribution in [0.1, 0.15) is 50.9 Å². The van der Waals surface area contributed by atoms with E-state index in [1.807, 2.05) is 13.2 Å². The molecule has 0 spiro atoms. The quantitative estimate of drug-likeness (QED) is 0.723. The van der Waals surface area contributed by atoms with Gasteiger partial charge in [-0.15, -0.1) is 0 Å². The van der Waals surface area contributed by atoms with Gasteiger partial charge in [-0.2, -0.15) is 10.2 Å². The summed E-state index contributed by atoms with van der Waals surface area (Å²) in [5.41, 5.74) is 4.27. The summed E-state index contributed by atoms with van der Waals surface area (Å²) in [7, 11) is 3.58. The summed E-state index contributed by atoms with van der Waals surface area (Å²) < 4.78 is 9.12. The number of nitrogens with zero attached hydrogens (tertiary/aromatic N) is 4. The molecule has 0 bridgehead atoms. The summed E-state index contributed by atoms with van der Waals surface area (Å²) in [6.45, 7) is 9.19. The predicted molar refractivity (Wildman–Crippen MR) is 101 cm³/mol. The maximum Gasteiger partial charge on any atom is 0.160 e. The molecule has 3 aromatic rings. The average Bonchev–Trinajstić information content (AvgIpc) is 3.08. The number of nitrogens with one attached hydrogen (secondary N) is 1. The number of aromatic nitrogens is 4. The standard InChI is InChI=1S/C19H27N5O/c1-12(2)14-7-8-15-18(9-14)24(13(3)4)22-19(15)20-16-10-23(5)21-17(16)11-25-6/h7-10,12-13H,11H2,1-6H3,(H,20,22). The predicted octanol–water partition coefficient (Wildman–Crippen LogP) is 4.36. The molecule has 25 heavy (non-hydrogen) atoms. The first kappa shape index (κ1) is 17.5. The molecule has 1 aromatic carbocycles. The van der Waals surface area contributed by atoms with Crippen molar-refractivity contribution in [1.29, 1.82) is 0 Å². The van der Waals surface area contributed by atoms with Crippen molar-refractivity contribution in [3.63, 3.8) is 0 Å². The average molecular weight is 341 g/mol. The van der Waals surface area contributed by atoms with Crippen molar-refractivity contribution in [3.8, 4) is 0 Å². The zero-order chi connectivity index (χ0) is 18.1. The van der Waals surface area contributed by atoms with E-state index in [0.29, 0.717) is 12.5 Å². The van der Waals surface area contributed by atoms with Gasteiger partial charge in [-0.05, 0) is 37.5 Å². The highest BCUT2D eigenvalue weighted by atomic mass is 16.5. The second kappa shape index (κ2) is 6.88. The van der Waals surface area contributed by atoms with Crippen LogP contribution in [0.4, 0.5) is 11.5 Å². The van der Waals surface area contributed by atoms with Crippen LogP contribution in [0.2, 0.25) is 0 Å². The fourth-order valence-corrected chi connectivity index (χ4v) is 3.01. The van der Waals surface area contributed by atoms with Gasteiger partial charge in [0.15, 0.2) is 5.82 Å². The lowest BCUT2D eigenvalue weighted by Crippen LogP contribution is -2.03. The van der Waals surface area contributed by atoms with E-state index in [1.54, 1.807) is 11.8 Å². The molecule has 2 aromatic heterocycles. The lowest BCUT2D eigenvalue weighted by atomic mass is 10.0. The third-order valence-corrected chi connectivity index (χ3v) is 4.33. The van der Waals surface area contributed by atoms with Crippen molar-refractivity contribution in [1.82, 2.24) is 19.6 Å². The zero-order valence-corrected chi connectivity index (χ0v) is 15.9. The Morgan fingerprint density at radius 2 is 1.92 bits per heavy atom. The molecule has 0 aliphatic carbocycles. The minimum Gasteiger partial charge on any atom is -0.378 e. The second-order valence-electron chi connectivity index (χ2n) is 7.04. The highest BCUT2D eigenvalue weighted by molar-refractivity contribution is 5.92. The maximum absolute atomic E-state index is 5.25. The van der Waals surface area contributed by atoms with Crippen LogP contribution in [0.25, 0.3) is 10.9 Å². The molecule has 3 rings (SSSR count). The van der Waals surface area contributed by atoms with Gasteiger partial charge >= 0.3 is 0 Å².